The molecule has 0 spiro atoms. The van der Waals surface area contributed by atoms with E-state index in [0.717, 1.165) is 0 Å². The summed E-state index contributed by atoms with van der Waals surface area (Å²) in [5, 5.41) is 0. The second-order valence-electron chi connectivity index (χ2n) is 0. The van der Waals surface area contributed by atoms with Gasteiger partial charge in [-0.1, -0.05) is 0 Å². The van der Waals surface area contributed by atoms with Crippen molar-refractivity contribution in [2.24, 2.45) is 0 Å². The normalized spacial score (nSPS) is 0. The summed E-state index contributed by atoms with van der Waals surface area (Å²) < 4.78 is 0. The van der Waals surface area contributed by atoms with Crippen molar-refractivity contribution in [1.82, 2.24) is 0 Å². The fourth-order valence-corrected chi connectivity index (χ4v) is 0. The molecule has 27 valence electrons. The van der Waals surface area contributed by atoms with E-state index in [4.69, 9.17) is 0 Å². The van der Waals surface area contributed by atoms with E-state index in [1.807, 2.05) is 0 Å². The maximum Gasteiger partial charge on any atom is 3.00 e. The molecule has 0 nitrogen and oxygen atoms in total. The molecule has 0 amide bonds. The SMILES string of the molecule is [Cl-].[Cl-].[Y+3].[Yb+3]. The van der Waals surface area contributed by atoms with Gasteiger partial charge in [-0.05, 0) is 0 Å². The van der Waals surface area contributed by atoms with Gasteiger partial charge in [0.15, 0.2) is 0 Å². The predicted molar refractivity (Wildman–Crippen MR) is 0 cm³/mol. The Morgan fingerprint density at radius 3 is 0.750 bits per heavy atom. The van der Waals surface area contributed by atoms with Crippen LogP contribution >= 0.6 is 0 Å². The van der Waals surface area contributed by atoms with Gasteiger partial charge in [0.25, 0.3) is 0 Å². The molecule has 1 radical (unpaired) electrons. The first-order valence-corrected chi connectivity index (χ1v) is 0. The third-order valence-electron chi connectivity index (χ3n) is 0. The summed E-state index contributed by atoms with van der Waals surface area (Å²) >= 11 is 0. The van der Waals surface area contributed by atoms with Gasteiger partial charge in [-0.25, -0.2) is 0 Å². The van der Waals surface area contributed by atoms with Crippen molar-refractivity contribution in [3.63, 3.8) is 0 Å². The Labute approximate surface area is 102 Å². The maximum absolute atomic E-state index is 0. The van der Waals surface area contributed by atoms with Crippen LogP contribution in [0.2, 0.25) is 0 Å². The molecule has 4 heteroatoms. The van der Waals surface area contributed by atoms with Crippen LogP contribution in [0.5, 0.6) is 0 Å². The molecule has 0 aliphatic carbocycles. The Bertz CT molecular complexity index is 6.00. The molecule has 0 N–H and O–H groups in total. The van der Waals surface area contributed by atoms with Crippen molar-refractivity contribution in [3.05, 3.63) is 0 Å². The molecule has 0 heterocycles. The Hall–Kier alpha value is 3.20. The van der Waals surface area contributed by atoms with Gasteiger partial charge < -0.3 is 24.8 Å². The van der Waals surface area contributed by atoms with Crippen molar-refractivity contribution >= 4 is 0 Å². The summed E-state index contributed by atoms with van der Waals surface area (Å²) in [6.07, 6.45) is 0. The average Bonchev–Trinajstić information content (AvgIpc) is 0. The third kappa shape index (κ3) is 8.96. The summed E-state index contributed by atoms with van der Waals surface area (Å²) in [7, 11) is 0. The quantitative estimate of drug-likeness (QED) is 0.414. The number of hydrogen-bond acceptors (Lipinski definition) is 0. The monoisotopic (exact) mass is 333 g/mol. The molecule has 0 bridgehead atoms. The van der Waals surface area contributed by atoms with Crippen LogP contribution in [0.3, 0.4) is 0 Å². The van der Waals surface area contributed by atoms with Crippen LogP contribution in [0.1, 0.15) is 0 Å². The molecule has 0 unspecified atom stereocenters. The van der Waals surface area contributed by atoms with E-state index in [-0.39, 0.29) is 104 Å². The third-order valence-corrected chi connectivity index (χ3v) is 0. The van der Waals surface area contributed by atoms with Crippen LogP contribution in [0.15, 0.2) is 0 Å². The Morgan fingerprint density at radius 2 is 0.750 bits per heavy atom. The van der Waals surface area contributed by atoms with E-state index >= 15 is 0 Å². The number of hydrogen-bond donors (Lipinski definition) is 0. The molecule has 0 aliphatic heterocycles. The molecular weight excluding hydrogens is 333 g/mol. The van der Waals surface area contributed by atoms with E-state index < -0.39 is 0 Å². The Kier molecular flexibility index (Phi) is 111. The van der Waals surface area contributed by atoms with Crippen molar-refractivity contribution in [1.29, 1.82) is 0 Å². The summed E-state index contributed by atoms with van der Waals surface area (Å²) in [6.45, 7) is 0. The van der Waals surface area contributed by atoms with Crippen LogP contribution in [0.25, 0.3) is 0 Å². The predicted octanol–water partition coefficient (Wildman–Crippen LogP) is -5.99. The molecule has 0 fully saturated rings. The van der Waals surface area contributed by atoms with Gasteiger partial charge in [0.2, 0.25) is 0 Å². The molecule has 0 aromatic rings. The Balaban J connectivity index is 0. The van der Waals surface area contributed by atoms with Gasteiger partial charge in [-0.2, -0.15) is 0 Å². The summed E-state index contributed by atoms with van der Waals surface area (Å²) in [5.74, 6) is 0. The smallest absolute Gasteiger partial charge is 1.00 e. The summed E-state index contributed by atoms with van der Waals surface area (Å²) in [5.41, 5.74) is 0. The largest absolute Gasteiger partial charge is 3.00 e. The van der Waals surface area contributed by atoms with Gasteiger partial charge in [0, 0.05) is 0 Å². The standard InChI is InChI=1S/2ClH.Y.Yb/h2*1H;;/q;;2*+3/p-2. The van der Waals surface area contributed by atoms with Gasteiger partial charge in [0.05, 0.1) is 0 Å². The van der Waals surface area contributed by atoms with Crippen LogP contribution < -0.4 is 24.8 Å². The van der Waals surface area contributed by atoms with E-state index in [1.54, 1.807) is 0 Å². The number of halogens is 2. The van der Waals surface area contributed by atoms with Gasteiger partial charge in [0.1, 0.15) is 0 Å². The first-order valence-electron chi connectivity index (χ1n) is 0. The van der Waals surface area contributed by atoms with Crippen molar-refractivity contribution in [3.8, 4) is 0 Å². The second kappa shape index (κ2) is 16.4. The second-order valence-corrected chi connectivity index (χ2v) is 0. The van der Waals surface area contributed by atoms with E-state index in [1.165, 1.54) is 0 Å². The molecule has 0 rings (SSSR count). The van der Waals surface area contributed by atoms with Gasteiger partial charge >= 0.3 is 79.6 Å². The van der Waals surface area contributed by atoms with E-state index in [9.17, 15) is 0 Å². The van der Waals surface area contributed by atoms with E-state index in [0.29, 0.717) is 0 Å². The molecule has 0 aliphatic rings. The molecule has 0 aromatic heterocycles. The summed E-state index contributed by atoms with van der Waals surface area (Å²) in [4.78, 5) is 0. The Morgan fingerprint density at radius 1 is 0.750 bits per heavy atom. The maximum atomic E-state index is 0. The van der Waals surface area contributed by atoms with Crippen LogP contribution in [-0.2, 0) is 32.7 Å². The number of rotatable bonds is 0. The van der Waals surface area contributed by atoms with Gasteiger partial charge in [-0.3, -0.25) is 0 Å². The van der Waals surface area contributed by atoms with E-state index in [2.05, 4.69) is 0 Å². The fourth-order valence-electron chi connectivity index (χ4n) is 0. The zero-order valence-electron chi connectivity index (χ0n) is 1.60. The molecule has 4 heavy (non-hydrogen) atoms. The molecular formula is Cl2YYb+4. The minimum atomic E-state index is 0. The van der Waals surface area contributed by atoms with Crippen LogP contribution in [-0.4, -0.2) is 0 Å². The zero-order chi connectivity index (χ0) is 0. The average molecular weight is 333 g/mol. The summed E-state index contributed by atoms with van der Waals surface area (Å²) in [6, 6.07) is 0. The van der Waals surface area contributed by atoms with Crippen molar-refractivity contribution < 1.29 is 104 Å². The van der Waals surface area contributed by atoms with Crippen LogP contribution in [0.4, 0.5) is 0 Å². The molecule has 0 saturated carbocycles. The molecule has 0 aromatic carbocycles. The topological polar surface area (TPSA) is 0 Å². The minimum absolute atomic E-state index is 0. The first kappa shape index (κ1) is 27.0. The van der Waals surface area contributed by atoms with Crippen molar-refractivity contribution in [2.45, 2.75) is 0 Å². The first-order chi connectivity index (χ1) is 0. The van der Waals surface area contributed by atoms with Crippen molar-refractivity contribution in [2.75, 3.05) is 0 Å². The fraction of sp³-hybridized carbons (Fsp3) is 0. The van der Waals surface area contributed by atoms with Gasteiger partial charge in [-0.15, -0.1) is 0 Å². The molecule has 0 atom stereocenters. The zero-order valence-corrected chi connectivity index (χ0v) is 7.67. The minimum Gasteiger partial charge on any atom is -1.00 e. The van der Waals surface area contributed by atoms with Crippen LogP contribution in [0, 0.1) is 46.9 Å². The molecule has 0 saturated heterocycles.